The zero-order valence-corrected chi connectivity index (χ0v) is 19.3. The maximum atomic E-state index is 12.4. The predicted molar refractivity (Wildman–Crippen MR) is 127 cm³/mol. The molecule has 0 saturated heterocycles. The minimum Gasteiger partial charge on any atom is -0.355 e. The van der Waals surface area contributed by atoms with Crippen molar-refractivity contribution in [3.05, 3.63) is 75.9 Å². The summed E-state index contributed by atoms with van der Waals surface area (Å²) < 4.78 is 1.71. The molecule has 2 aromatic carbocycles. The molecule has 9 heteroatoms. The number of aromatic nitrogens is 4. The van der Waals surface area contributed by atoms with Gasteiger partial charge in [0.2, 0.25) is 5.91 Å². The zero-order valence-electron chi connectivity index (χ0n) is 17.8. The second-order valence-electron chi connectivity index (χ2n) is 7.43. The summed E-state index contributed by atoms with van der Waals surface area (Å²) in [6.45, 7) is 4.34. The van der Waals surface area contributed by atoms with Crippen molar-refractivity contribution < 1.29 is 4.79 Å². The Morgan fingerprint density at radius 2 is 2.00 bits per heavy atom. The molecule has 0 aliphatic rings. The molecule has 0 radical (unpaired) electrons. The fourth-order valence-electron chi connectivity index (χ4n) is 3.36. The van der Waals surface area contributed by atoms with Gasteiger partial charge in [-0.15, -0.1) is 0 Å². The van der Waals surface area contributed by atoms with Gasteiger partial charge < -0.3 is 5.32 Å². The van der Waals surface area contributed by atoms with Gasteiger partial charge in [0.25, 0.3) is 0 Å². The second kappa shape index (κ2) is 9.58. The van der Waals surface area contributed by atoms with E-state index >= 15 is 0 Å². The van der Waals surface area contributed by atoms with Crippen molar-refractivity contribution in [1.29, 1.82) is 5.41 Å². The Morgan fingerprint density at radius 3 is 2.75 bits per heavy atom. The largest absolute Gasteiger partial charge is 0.355 e. The van der Waals surface area contributed by atoms with Crippen LogP contribution in [0.15, 0.2) is 53.7 Å². The third-order valence-electron chi connectivity index (χ3n) is 5.11. The van der Waals surface area contributed by atoms with Crippen molar-refractivity contribution in [1.82, 2.24) is 25.1 Å². The maximum absolute atomic E-state index is 12.4. The SMILES string of the molecule is Cc1ccc(-n2c(SCC(=O)NCCc3ccccc3)nc3n[nH]c(C)c3c2=N)cc1Cl. The van der Waals surface area contributed by atoms with Gasteiger partial charge in [-0.25, -0.2) is 4.98 Å². The molecule has 0 aliphatic heterocycles. The summed E-state index contributed by atoms with van der Waals surface area (Å²) in [5, 5.41) is 20.6. The van der Waals surface area contributed by atoms with Crippen LogP contribution in [0.3, 0.4) is 0 Å². The Balaban J connectivity index is 1.56. The summed E-state index contributed by atoms with van der Waals surface area (Å²) in [5.41, 5.74) is 4.30. The third kappa shape index (κ3) is 4.71. The van der Waals surface area contributed by atoms with Crippen LogP contribution in [0.2, 0.25) is 5.02 Å². The Kier molecular flexibility index (Phi) is 6.62. The summed E-state index contributed by atoms with van der Waals surface area (Å²) in [7, 11) is 0. The monoisotopic (exact) mass is 466 g/mol. The fraction of sp³-hybridized carbons (Fsp3) is 0.217. The molecule has 0 aliphatic carbocycles. The van der Waals surface area contributed by atoms with E-state index < -0.39 is 0 Å². The standard InChI is InChI=1S/C23H23ClN6OS/c1-14-8-9-17(12-18(14)24)30-21(25)20-15(2)28-29-22(20)27-23(30)32-13-19(31)26-11-10-16-6-4-3-5-7-16/h3-9,12,25H,10-11,13H2,1-2H3,(H,26,31)(H,28,29). The van der Waals surface area contributed by atoms with E-state index in [-0.39, 0.29) is 17.1 Å². The summed E-state index contributed by atoms with van der Waals surface area (Å²) in [6.07, 6.45) is 0.771. The first-order chi connectivity index (χ1) is 15.4. The van der Waals surface area contributed by atoms with Crippen LogP contribution in [0.4, 0.5) is 0 Å². The van der Waals surface area contributed by atoms with Crippen LogP contribution in [0, 0.1) is 19.3 Å². The summed E-state index contributed by atoms with van der Waals surface area (Å²) in [5.74, 6) is 0.0847. The fourth-order valence-corrected chi connectivity index (χ4v) is 4.37. The van der Waals surface area contributed by atoms with E-state index in [1.807, 2.05) is 62.4 Å². The number of nitrogens with zero attached hydrogens (tertiary/aromatic N) is 3. The Hall–Kier alpha value is -3.10. The number of rotatable bonds is 7. The number of fused-ring (bicyclic) bond motifs is 1. The van der Waals surface area contributed by atoms with Gasteiger partial charge in [-0.3, -0.25) is 19.9 Å². The summed E-state index contributed by atoms with van der Waals surface area (Å²) in [4.78, 5) is 17.1. The van der Waals surface area contributed by atoms with Gasteiger partial charge >= 0.3 is 0 Å². The van der Waals surface area contributed by atoms with Crippen molar-refractivity contribution in [2.75, 3.05) is 12.3 Å². The van der Waals surface area contributed by atoms with Crippen molar-refractivity contribution in [3.63, 3.8) is 0 Å². The second-order valence-corrected chi connectivity index (χ2v) is 8.78. The van der Waals surface area contributed by atoms with E-state index in [1.165, 1.54) is 17.3 Å². The number of thioether (sulfide) groups is 1. The molecular formula is C23H23ClN6OS. The van der Waals surface area contributed by atoms with Gasteiger partial charge in [-0.05, 0) is 43.5 Å². The van der Waals surface area contributed by atoms with Crippen LogP contribution in [-0.4, -0.2) is 38.0 Å². The zero-order chi connectivity index (χ0) is 22.7. The van der Waals surface area contributed by atoms with Crippen LogP contribution in [0.1, 0.15) is 16.8 Å². The molecule has 0 unspecified atom stereocenters. The number of hydrogen-bond donors (Lipinski definition) is 3. The molecule has 7 nitrogen and oxygen atoms in total. The van der Waals surface area contributed by atoms with Crippen LogP contribution in [-0.2, 0) is 11.2 Å². The molecule has 32 heavy (non-hydrogen) atoms. The highest BCUT2D eigenvalue weighted by Gasteiger charge is 2.16. The molecule has 3 N–H and O–H groups in total. The Bertz CT molecular complexity index is 1330. The van der Waals surface area contributed by atoms with E-state index in [0.29, 0.717) is 33.4 Å². The number of hydrogen-bond acceptors (Lipinski definition) is 5. The minimum absolute atomic E-state index is 0.0916. The summed E-state index contributed by atoms with van der Waals surface area (Å²) in [6, 6.07) is 15.6. The van der Waals surface area contributed by atoms with Crippen LogP contribution in [0.5, 0.6) is 0 Å². The lowest BCUT2D eigenvalue weighted by Crippen LogP contribution is -2.28. The number of amides is 1. The van der Waals surface area contributed by atoms with Gasteiger partial charge in [0.05, 0.1) is 16.8 Å². The Labute approximate surface area is 194 Å². The molecule has 0 spiro atoms. The van der Waals surface area contributed by atoms with E-state index in [0.717, 1.165) is 17.7 Å². The lowest BCUT2D eigenvalue weighted by Gasteiger charge is -2.14. The van der Waals surface area contributed by atoms with E-state index in [2.05, 4.69) is 20.5 Å². The molecule has 0 atom stereocenters. The third-order valence-corrected chi connectivity index (χ3v) is 6.45. The van der Waals surface area contributed by atoms with E-state index in [9.17, 15) is 4.79 Å². The van der Waals surface area contributed by atoms with Crippen molar-refractivity contribution >= 4 is 40.3 Å². The Morgan fingerprint density at radius 1 is 1.22 bits per heavy atom. The normalized spacial score (nSPS) is 11.1. The van der Waals surface area contributed by atoms with Crippen LogP contribution < -0.4 is 10.8 Å². The van der Waals surface area contributed by atoms with Crippen molar-refractivity contribution in [2.24, 2.45) is 0 Å². The van der Waals surface area contributed by atoms with Gasteiger partial charge in [0.15, 0.2) is 10.8 Å². The highest BCUT2D eigenvalue weighted by molar-refractivity contribution is 7.99. The van der Waals surface area contributed by atoms with E-state index in [4.69, 9.17) is 17.0 Å². The molecule has 164 valence electrons. The minimum atomic E-state index is -0.0916. The maximum Gasteiger partial charge on any atom is 0.230 e. The average Bonchev–Trinajstić information content (AvgIpc) is 3.16. The van der Waals surface area contributed by atoms with Gasteiger partial charge in [0.1, 0.15) is 5.49 Å². The number of aromatic amines is 1. The first-order valence-corrected chi connectivity index (χ1v) is 11.5. The smallest absolute Gasteiger partial charge is 0.230 e. The summed E-state index contributed by atoms with van der Waals surface area (Å²) >= 11 is 7.62. The number of benzene rings is 2. The number of nitrogens with one attached hydrogen (secondary N) is 3. The number of carbonyl (C=O) groups is 1. The first-order valence-electron chi connectivity index (χ1n) is 10.2. The molecule has 1 amide bonds. The van der Waals surface area contributed by atoms with Gasteiger partial charge in [0, 0.05) is 17.3 Å². The molecule has 0 fully saturated rings. The molecular weight excluding hydrogens is 444 g/mol. The van der Waals surface area contributed by atoms with Gasteiger partial charge in [-0.2, -0.15) is 5.10 Å². The molecule has 4 aromatic rings. The lowest BCUT2D eigenvalue weighted by atomic mass is 10.1. The van der Waals surface area contributed by atoms with Gasteiger partial charge in [-0.1, -0.05) is 59.8 Å². The quantitative estimate of drug-likeness (QED) is 0.283. The van der Waals surface area contributed by atoms with Crippen LogP contribution in [0.25, 0.3) is 16.7 Å². The number of halogens is 1. The van der Waals surface area contributed by atoms with Crippen molar-refractivity contribution in [3.8, 4) is 5.69 Å². The molecule has 0 saturated carbocycles. The predicted octanol–water partition coefficient (Wildman–Crippen LogP) is 3.95. The topological polar surface area (TPSA) is 99.4 Å². The van der Waals surface area contributed by atoms with Crippen LogP contribution >= 0.6 is 23.4 Å². The number of carbonyl (C=O) groups excluding carboxylic acids is 1. The first kappa shape index (κ1) is 22.1. The average molecular weight is 467 g/mol. The number of H-pyrrole nitrogens is 1. The van der Waals surface area contributed by atoms with E-state index in [1.54, 1.807) is 4.57 Å². The highest BCUT2D eigenvalue weighted by Crippen LogP contribution is 2.24. The molecule has 0 bridgehead atoms. The molecule has 2 aromatic heterocycles. The molecule has 4 rings (SSSR count). The molecule has 2 heterocycles. The number of aryl methyl sites for hydroxylation is 2. The van der Waals surface area contributed by atoms with Crippen molar-refractivity contribution in [2.45, 2.75) is 25.4 Å². The lowest BCUT2D eigenvalue weighted by molar-refractivity contribution is -0.118. The highest BCUT2D eigenvalue weighted by atomic mass is 35.5.